The minimum atomic E-state index is -0.960. The van der Waals surface area contributed by atoms with E-state index in [1.165, 1.54) is 6.07 Å². The van der Waals surface area contributed by atoms with Gasteiger partial charge in [-0.1, -0.05) is 12.1 Å². The third-order valence-corrected chi connectivity index (χ3v) is 4.54. The zero-order valence-corrected chi connectivity index (χ0v) is 12.2. The third kappa shape index (κ3) is 3.66. The van der Waals surface area contributed by atoms with E-state index in [1.807, 2.05) is 11.8 Å². The molecule has 1 fully saturated rings. The molecule has 20 heavy (non-hydrogen) atoms. The van der Waals surface area contributed by atoms with E-state index in [-0.39, 0.29) is 11.6 Å². The van der Waals surface area contributed by atoms with E-state index < -0.39 is 5.97 Å². The Labute approximate surface area is 122 Å². The predicted molar refractivity (Wildman–Crippen MR) is 79.1 cm³/mol. The van der Waals surface area contributed by atoms with Crippen LogP contribution >= 0.6 is 11.8 Å². The Balaban J connectivity index is 1.89. The molecule has 1 heterocycles. The zero-order chi connectivity index (χ0) is 14.5. The highest BCUT2D eigenvalue weighted by atomic mass is 32.2. The van der Waals surface area contributed by atoms with Crippen LogP contribution in [0, 0.1) is 0 Å². The number of hydrogen-bond donors (Lipinski definition) is 2. The molecule has 1 aliphatic rings. The quantitative estimate of drug-likeness (QED) is 0.891. The number of carboxylic acid groups (broad SMARTS) is 1. The molecule has 1 atom stereocenters. The first-order valence-corrected chi connectivity index (χ1v) is 7.64. The number of aromatic carboxylic acids is 1. The number of amides is 2. The van der Waals surface area contributed by atoms with Crippen LogP contribution in [-0.4, -0.2) is 46.6 Å². The second-order valence-corrected chi connectivity index (χ2v) is 5.94. The van der Waals surface area contributed by atoms with Gasteiger partial charge in [-0.05, 0) is 29.9 Å². The number of carboxylic acids is 1. The van der Waals surface area contributed by atoms with Gasteiger partial charge in [-0.15, -0.1) is 0 Å². The molecule has 1 aromatic carbocycles. The number of carbonyl (C=O) groups is 2. The van der Waals surface area contributed by atoms with E-state index in [4.69, 9.17) is 5.11 Å². The van der Waals surface area contributed by atoms with Gasteiger partial charge in [0, 0.05) is 25.4 Å². The van der Waals surface area contributed by atoms with Crippen LogP contribution < -0.4 is 5.32 Å². The van der Waals surface area contributed by atoms with Gasteiger partial charge in [0.25, 0.3) is 0 Å². The molecule has 1 unspecified atom stereocenters. The van der Waals surface area contributed by atoms with Gasteiger partial charge in [0.2, 0.25) is 0 Å². The summed E-state index contributed by atoms with van der Waals surface area (Å²) in [5.41, 5.74) is 1.02. The first-order chi connectivity index (χ1) is 9.58. The van der Waals surface area contributed by atoms with Gasteiger partial charge in [0.1, 0.15) is 0 Å². The van der Waals surface area contributed by atoms with Crippen molar-refractivity contribution in [1.82, 2.24) is 10.2 Å². The van der Waals surface area contributed by atoms with Crippen molar-refractivity contribution in [2.45, 2.75) is 19.0 Å². The number of benzene rings is 1. The fraction of sp³-hybridized carbons (Fsp3) is 0.429. The number of urea groups is 1. The largest absolute Gasteiger partial charge is 0.478 e. The molecular formula is C14H18N2O3S. The summed E-state index contributed by atoms with van der Waals surface area (Å²) < 4.78 is 0. The van der Waals surface area contributed by atoms with Crippen molar-refractivity contribution >= 4 is 23.8 Å². The fourth-order valence-corrected chi connectivity index (χ4v) is 3.38. The van der Waals surface area contributed by atoms with Gasteiger partial charge in [-0.2, -0.15) is 11.8 Å². The topological polar surface area (TPSA) is 69.6 Å². The number of hydrogen-bond acceptors (Lipinski definition) is 3. The summed E-state index contributed by atoms with van der Waals surface area (Å²) in [6.45, 7) is 0.337. The molecule has 0 spiro atoms. The fourth-order valence-electron chi connectivity index (χ4n) is 2.11. The van der Waals surface area contributed by atoms with Crippen molar-refractivity contribution in [3.63, 3.8) is 0 Å². The maximum Gasteiger partial charge on any atom is 0.335 e. The number of thioether (sulfide) groups is 1. The van der Waals surface area contributed by atoms with Gasteiger partial charge in [0.15, 0.2) is 0 Å². The van der Waals surface area contributed by atoms with E-state index in [1.54, 1.807) is 30.1 Å². The van der Waals surface area contributed by atoms with Crippen LogP contribution in [-0.2, 0) is 6.54 Å². The average Bonchev–Trinajstić information content (AvgIpc) is 2.98. The monoisotopic (exact) mass is 294 g/mol. The lowest BCUT2D eigenvalue weighted by molar-refractivity contribution is 0.0696. The molecule has 2 rings (SSSR count). The van der Waals surface area contributed by atoms with Gasteiger partial charge in [-0.25, -0.2) is 9.59 Å². The molecule has 1 aliphatic heterocycles. The Hall–Kier alpha value is -1.69. The first kappa shape index (κ1) is 14.7. The smallest absolute Gasteiger partial charge is 0.335 e. The lowest BCUT2D eigenvalue weighted by atomic mass is 10.1. The number of nitrogens with one attached hydrogen (secondary N) is 1. The van der Waals surface area contributed by atoms with E-state index in [9.17, 15) is 9.59 Å². The van der Waals surface area contributed by atoms with Crippen molar-refractivity contribution in [3.8, 4) is 0 Å². The minimum Gasteiger partial charge on any atom is -0.478 e. The Morgan fingerprint density at radius 1 is 1.50 bits per heavy atom. The molecule has 0 aromatic heterocycles. The summed E-state index contributed by atoms with van der Waals surface area (Å²) in [4.78, 5) is 24.6. The highest BCUT2D eigenvalue weighted by molar-refractivity contribution is 7.99. The Bertz CT molecular complexity index is 501. The van der Waals surface area contributed by atoms with E-state index in [0.717, 1.165) is 23.5 Å². The summed E-state index contributed by atoms with van der Waals surface area (Å²) in [5.74, 6) is 1.12. The Kier molecular flexibility index (Phi) is 4.89. The van der Waals surface area contributed by atoms with E-state index in [2.05, 4.69) is 5.32 Å². The first-order valence-electron chi connectivity index (χ1n) is 6.48. The summed E-state index contributed by atoms with van der Waals surface area (Å²) in [6, 6.07) is 6.79. The van der Waals surface area contributed by atoms with Crippen LogP contribution in [0.1, 0.15) is 22.3 Å². The van der Waals surface area contributed by atoms with Crippen LogP contribution in [0.15, 0.2) is 24.3 Å². The maximum absolute atomic E-state index is 12.0. The Morgan fingerprint density at radius 3 is 2.95 bits per heavy atom. The molecule has 1 saturated heterocycles. The highest BCUT2D eigenvalue weighted by Crippen LogP contribution is 2.21. The van der Waals surface area contributed by atoms with Crippen LogP contribution in [0.4, 0.5) is 4.79 Å². The molecule has 2 N–H and O–H groups in total. The molecule has 0 saturated carbocycles. The van der Waals surface area contributed by atoms with Gasteiger partial charge < -0.3 is 15.3 Å². The lowest BCUT2D eigenvalue weighted by Crippen LogP contribution is -2.43. The average molecular weight is 294 g/mol. The molecule has 5 nitrogen and oxygen atoms in total. The summed E-state index contributed by atoms with van der Waals surface area (Å²) in [7, 11) is 1.81. The van der Waals surface area contributed by atoms with Crippen molar-refractivity contribution in [3.05, 3.63) is 35.4 Å². The van der Waals surface area contributed by atoms with Crippen molar-refractivity contribution < 1.29 is 14.7 Å². The summed E-state index contributed by atoms with van der Waals surface area (Å²) in [6.07, 6.45) is 1.03. The highest BCUT2D eigenvalue weighted by Gasteiger charge is 2.23. The molecule has 0 bridgehead atoms. The SMILES string of the molecule is CN(C(=O)NCc1cccc(C(=O)O)c1)C1CCSC1. The van der Waals surface area contributed by atoms with Gasteiger partial charge >= 0.3 is 12.0 Å². The van der Waals surface area contributed by atoms with Crippen LogP contribution in [0.3, 0.4) is 0 Å². The number of rotatable bonds is 4. The van der Waals surface area contributed by atoms with Crippen LogP contribution in [0.25, 0.3) is 0 Å². The standard InChI is InChI=1S/C14H18N2O3S/c1-16(12-5-6-20-9-12)14(19)15-8-10-3-2-4-11(7-10)13(17)18/h2-4,7,12H,5-6,8-9H2,1H3,(H,15,19)(H,17,18). The molecule has 0 aliphatic carbocycles. The molecular weight excluding hydrogens is 276 g/mol. The van der Waals surface area contributed by atoms with Crippen LogP contribution in [0.5, 0.6) is 0 Å². The molecule has 6 heteroatoms. The minimum absolute atomic E-state index is 0.113. The normalized spacial score (nSPS) is 17.8. The van der Waals surface area contributed by atoms with E-state index >= 15 is 0 Å². The molecule has 1 aromatic rings. The third-order valence-electron chi connectivity index (χ3n) is 3.39. The van der Waals surface area contributed by atoms with E-state index in [0.29, 0.717) is 12.6 Å². The predicted octanol–water partition coefficient (Wildman–Crippen LogP) is 2.03. The molecule has 2 amide bonds. The second-order valence-electron chi connectivity index (χ2n) is 4.79. The molecule has 0 radical (unpaired) electrons. The number of carbonyl (C=O) groups excluding carboxylic acids is 1. The Morgan fingerprint density at radius 2 is 2.30 bits per heavy atom. The van der Waals surface area contributed by atoms with Gasteiger partial charge in [0.05, 0.1) is 5.56 Å². The summed E-state index contributed by atoms with van der Waals surface area (Å²) >= 11 is 1.86. The number of nitrogens with zero attached hydrogens (tertiary/aromatic N) is 1. The zero-order valence-electron chi connectivity index (χ0n) is 11.3. The second kappa shape index (κ2) is 6.65. The van der Waals surface area contributed by atoms with Crippen molar-refractivity contribution in [2.75, 3.05) is 18.6 Å². The van der Waals surface area contributed by atoms with Gasteiger partial charge in [-0.3, -0.25) is 0 Å². The van der Waals surface area contributed by atoms with Crippen molar-refractivity contribution in [2.24, 2.45) is 0 Å². The van der Waals surface area contributed by atoms with Crippen molar-refractivity contribution in [1.29, 1.82) is 0 Å². The summed E-state index contributed by atoms with van der Waals surface area (Å²) in [5, 5.41) is 11.7. The lowest BCUT2D eigenvalue weighted by Gasteiger charge is -2.24. The maximum atomic E-state index is 12.0. The molecule has 108 valence electrons. The van der Waals surface area contributed by atoms with Crippen LogP contribution in [0.2, 0.25) is 0 Å².